The van der Waals surface area contributed by atoms with E-state index in [1.807, 2.05) is 6.92 Å². The fourth-order valence-electron chi connectivity index (χ4n) is 1.68. The Morgan fingerprint density at radius 3 is 2.50 bits per heavy atom. The van der Waals surface area contributed by atoms with Crippen molar-refractivity contribution in [3.05, 3.63) is 28.3 Å². The Balaban J connectivity index is 2.80. The first-order valence-corrected chi connectivity index (χ1v) is 4.53. The molecule has 0 radical (unpaired) electrons. The molecule has 0 spiro atoms. The highest BCUT2D eigenvalue weighted by Crippen LogP contribution is 2.35. The lowest BCUT2D eigenvalue weighted by Gasteiger charge is -2.11. The number of ketones is 1. The molecular formula is C10H8ClNO2. The van der Waals surface area contributed by atoms with Crippen LogP contribution in [0.2, 0.25) is 5.02 Å². The maximum absolute atomic E-state index is 11.5. The van der Waals surface area contributed by atoms with Crippen LogP contribution in [0.4, 0.5) is 5.69 Å². The Hall–Kier alpha value is -1.35. The second kappa shape index (κ2) is 2.82. The zero-order valence-corrected chi connectivity index (χ0v) is 8.55. The number of benzene rings is 1. The quantitative estimate of drug-likeness (QED) is 0.611. The zero-order chi connectivity index (χ0) is 10.5. The third-order valence-corrected chi connectivity index (χ3v) is 2.71. The van der Waals surface area contributed by atoms with Gasteiger partial charge in [0.25, 0.3) is 11.7 Å². The van der Waals surface area contributed by atoms with Crippen LogP contribution < -0.4 is 4.90 Å². The number of halogens is 1. The van der Waals surface area contributed by atoms with Crippen LogP contribution in [0.5, 0.6) is 0 Å². The number of carbonyl (C=O) groups is 2. The van der Waals surface area contributed by atoms with Crippen LogP contribution >= 0.6 is 11.6 Å². The molecular weight excluding hydrogens is 202 g/mol. The number of fused-ring (bicyclic) bond motifs is 1. The average molecular weight is 210 g/mol. The molecule has 4 heteroatoms. The summed E-state index contributed by atoms with van der Waals surface area (Å²) in [6.07, 6.45) is 0. The molecule has 0 saturated carbocycles. The van der Waals surface area contributed by atoms with Gasteiger partial charge in [-0.2, -0.15) is 0 Å². The van der Waals surface area contributed by atoms with Crippen LogP contribution in [0.3, 0.4) is 0 Å². The maximum atomic E-state index is 11.5. The van der Waals surface area contributed by atoms with E-state index in [9.17, 15) is 9.59 Å². The van der Waals surface area contributed by atoms with E-state index in [4.69, 9.17) is 11.6 Å². The van der Waals surface area contributed by atoms with Crippen LogP contribution in [0.1, 0.15) is 15.9 Å². The van der Waals surface area contributed by atoms with Gasteiger partial charge in [0.15, 0.2) is 0 Å². The van der Waals surface area contributed by atoms with Gasteiger partial charge in [0.2, 0.25) is 0 Å². The molecule has 0 bridgehead atoms. The van der Waals surface area contributed by atoms with Crippen molar-refractivity contribution in [3.63, 3.8) is 0 Å². The molecule has 2 rings (SSSR count). The predicted octanol–water partition coefficient (Wildman–Crippen LogP) is 1.81. The molecule has 1 aromatic carbocycles. The first-order chi connectivity index (χ1) is 6.54. The number of anilines is 1. The highest BCUT2D eigenvalue weighted by atomic mass is 35.5. The van der Waals surface area contributed by atoms with Crippen LogP contribution in [0, 0.1) is 6.92 Å². The number of hydrogen-bond acceptors (Lipinski definition) is 2. The number of hydrogen-bond donors (Lipinski definition) is 0. The van der Waals surface area contributed by atoms with Crippen molar-refractivity contribution >= 4 is 29.0 Å². The number of carbonyl (C=O) groups excluding carboxylic acids is 2. The normalized spacial score (nSPS) is 14.9. The van der Waals surface area contributed by atoms with Gasteiger partial charge in [-0.3, -0.25) is 9.59 Å². The molecule has 72 valence electrons. The number of aryl methyl sites for hydroxylation is 1. The van der Waals surface area contributed by atoms with Gasteiger partial charge in [-0.15, -0.1) is 0 Å². The summed E-state index contributed by atoms with van der Waals surface area (Å²) in [6.45, 7) is 1.84. The number of nitrogens with zero attached hydrogens (tertiary/aromatic N) is 1. The molecule has 1 aliphatic heterocycles. The first-order valence-electron chi connectivity index (χ1n) is 4.15. The van der Waals surface area contributed by atoms with Gasteiger partial charge in [0.1, 0.15) is 0 Å². The molecule has 0 saturated heterocycles. The summed E-state index contributed by atoms with van der Waals surface area (Å²) < 4.78 is 0. The van der Waals surface area contributed by atoms with E-state index in [0.717, 1.165) is 5.56 Å². The van der Waals surface area contributed by atoms with Crippen molar-refractivity contribution in [1.29, 1.82) is 0 Å². The summed E-state index contributed by atoms with van der Waals surface area (Å²) in [5.41, 5.74) is 1.85. The van der Waals surface area contributed by atoms with Crippen LogP contribution in [0.25, 0.3) is 0 Å². The number of likely N-dealkylation sites (N-methyl/N-ethyl adjacent to an activating group) is 1. The molecule has 14 heavy (non-hydrogen) atoms. The highest BCUT2D eigenvalue weighted by molar-refractivity contribution is 6.55. The Bertz CT molecular complexity index is 454. The summed E-state index contributed by atoms with van der Waals surface area (Å²) in [4.78, 5) is 24.2. The minimum absolute atomic E-state index is 0.333. The van der Waals surface area contributed by atoms with E-state index in [0.29, 0.717) is 16.3 Å². The summed E-state index contributed by atoms with van der Waals surface area (Å²) in [7, 11) is 1.58. The topological polar surface area (TPSA) is 37.4 Å². The maximum Gasteiger partial charge on any atom is 0.299 e. The lowest BCUT2D eigenvalue weighted by atomic mass is 10.1. The van der Waals surface area contributed by atoms with Crippen LogP contribution in [-0.2, 0) is 4.79 Å². The smallest absolute Gasteiger partial charge is 0.299 e. The second-order valence-corrected chi connectivity index (χ2v) is 3.69. The predicted molar refractivity (Wildman–Crippen MR) is 53.9 cm³/mol. The Kier molecular flexibility index (Phi) is 1.86. The van der Waals surface area contributed by atoms with E-state index < -0.39 is 11.7 Å². The Morgan fingerprint density at radius 2 is 1.93 bits per heavy atom. The molecule has 0 N–H and O–H groups in total. The van der Waals surface area contributed by atoms with Crippen molar-refractivity contribution in [1.82, 2.24) is 0 Å². The molecule has 1 heterocycles. The summed E-state index contributed by atoms with van der Waals surface area (Å²) in [5, 5.41) is 0.341. The Morgan fingerprint density at radius 1 is 1.29 bits per heavy atom. The zero-order valence-electron chi connectivity index (χ0n) is 7.80. The van der Waals surface area contributed by atoms with Crippen LogP contribution in [-0.4, -0.2) is 18.7 Å². The molecule has 3 nitrogen and oxygen atoms in total. The summed E-state index contributed by atoms with van der Waals surface area (Å²) in [5.74, 6) is -1.03. The minimum atomic E-state index is -0.517. The van der Waals surface area contributed by atoms with Crippen molar-refractivity contribution in [3.8, 4) is 0 Å². The monoisotopic (exact) mass is 209 g/mol. The summed E-state index contributed by atoms with van der Waals surface area (Å²) in [6, 6.07) is 3.43. The van der Waals surface area contributed by atoms with Gasteiger partial charge < -0.3 is 4.90 Å². The molecule has 1 aliphatic rings. The number of Topliss-reactive ketones (excluding diaryl/α,β-unsaturated/α-hetero) is 1. The third kappa shape index (κ3) is 0.990. The van der Waals surface area contributed by atoms with E-state index in [1.54, 1.807) is 19.2 Å². The van der Waals surface area contributed by atoms with Crippen molar-refractivity contribution in [2.75, 3.05) is 11.9 Å². The fourth-order valence-corrected chi connectivity index (χ4v) is 1.92. The van der Waals surface area contributed by atoms with Gasteiger partial charge in [0, 0.05) is 7.05 Å². The lowest BCUT2D eigenvalue weighted by molar-refractivity contribution is -0.114. The number of rotatable bonds is 0. The molecule has 0 unspecified atom stereocenters. The standard InChI is InChI=1S/C10H8ClNO2/c1-5-3-4-6(11)7-8(5)12(2)10(14)9(7)13/h3-4H,1-2H3. The van der Waals surface area contributed by atoms with Crippen molar-refractivity contribution < 1.29 is 9.59 Å². The van der Waals surface area contributed by atoms with E-state index in [2.05, 4.69) is 0 Å². The van der Waals surface area contributed by atoms with Gasteiger partial charge in [0.05, 0.1) is 16.3 Å². The van der Waals surface area contributed by atoms with Gasteiger partial charge in [-0.25, -0.2) is 0 Å². The fraction of sp³-hybridized carbons (Fsp3) is 0.200. The Labute approximate surface area is 86.3 Å². The first kappa shape index (κ1) is 9.21. The molecule has 0 atom stereocenters. The average Bonchev–Trinajstić information content (AvgIpc) is 2.38. The number of amides is 1. The van der Waals surface area contributed by atoms with E-state index >= 15 is 0 Å². The minimum Gasteiger partial charge on any atom is -0.308 e. The van der Waals surface area contributed by atoms with E-state index in [-0.39, 0.29) is 0 Å². The SMILES string of the molecule is Cc1ccc(Cl)c2c1N(C)C(=O)C2=O. The largest absolute Gasteiger partial charge is 0.308 e. The van der Waals surface area contributed by atoms with Crippen LogP contribution in [0.15, 0.2) is 12.1 Å². The molecule has 0 aliphatic carbocycles. The van der Waals surface area contributed by atoms with Crippen molar-refractivity contribution in [2.45, 2.75) is 6.92 Å². The highest BCUT2D eigenvalue weighted by Gasteiger charge is 2.36. The van der Waals surface area contributed by atoms with Gasteiger partial charge >= 0.3 is 0 Å². The van der Waals surface area contributed by atoms with Gasteiger partial charge in [-0.05, 0) is 18.6 Å². The second-order valence-electron chi connectivity index (χ2n) is 3.28. The molecule has 0 fully saturated rings. The third-order valence-electron chi connectivity index (χ3n) is 2.39. The van der Waals surface area contributed by atoms with Crippen molar-refractivity contribution in [2.24, 2.45) is 0 Å². The van der Waals surface area contributed by atoms with E-state index in [1.165, 1.54) is 4.90 Å². The molecule has 1 amide bonds. The van der Waals surface area contributed by atoms with Gasteiger partial charge in [-0.1, -0.05) is 17.7 Å². The summed E-state index contributed by atoms with van der Waals surface area (Å²) >= 11 is 5.87. The lowest BCUT2D eigenvalue weighted by Crippen LogP contribution is -2.25. The molecule has 1 aromatic rings. The molecule has 0 aromatic heterocycles.